The van der Waals surface area contributed by atoms with Crippen LogP contribution in [0.1, 0.15) is 40.4 Å². The first-order valence-corrected chi connectivity index (χ1v) is 6.73. The van der Waals surface area contributed by atoms with Crippen LogP contribution in [0.4, 0.5) is 0 Å². The van der Waals surface area contributed by atoms with E-state index < -0.39 is 5.97 Å². The van der Waals surface area contributed by atoms with Crippen molar-refractivity contribution in [1.82, 2.24) is 0 Å². The minimum absolute atomic E-state index is 0.0121. The molecule has 0 saturated heterocycles. The van der Waals surface area contributed by atoms with Gasteiger partial charge in [0.1, 0.15) is 11.3 Å². The van der Waals surface area contributed by atoms with Gasteiger partial charge >= 0.3 is 5.97 Å². The number of carboxylic acid groups (broad SMARTS) is 1. The zero-order chi connectivity index (χ0) is 14.5. The van der Waals surface area contributed by atoms with E-state index in [0.717, 1.165) is 17.5 Å². The van der Waals surface area contributed by atoms with E-state index in [-0.39, 0.29) is 11.3 Å². The van der Waals surface area contributed by atoms with E-state index >= 15 is 0 Å². The Morgan fingerprint density at radius 2 is 1.80 bits per heavy atom. The summed E-state index contributed by atoms with van der Waals surface area (Å²) in [4.78, 5) is 11.2. The van der Waals surface area contributed by atoms with Crippen LogP contribution in [-0.2, 0) is 12.8 Å². The molecule has 3 heteroatoms. The molecule has 2 rings (SSSR count). The third-order valence-electron chi connectivity index (χ3n) is 3.25. The molecule has 0 heterocycles. The van der Waals surface area contributed by atoms with Gasteiger partial charge in [-0.15, -0.1) is 0 Å². The second kappa shape index (κ2) is 6.24. The number of carboxylic acids is 1. The fourth-order valence-electron chi connectivity index (χ4n) is 2.32. The average molecular weight is 270 g/mol. The van der Waals surface area contributed by atoms with E-state index in [4.69, 9.17) is 0 Å². The third kappa shape index (κ3) is 3.18. The van der Waals surface area contributed by atoms with E-state index in [0.29, 0.717) is 18.4 Å². The lowest BCUT2D eigenvalue weighted by Crippen LogP contribution is -2.02. The first kappa shape index (κ1) is 14.1. The summed E-state index contributed by atoms with van der Waals surface area (Å²) in [6, 6.07) is 13.3. The highest BCUT2D eigenvalue weighted by atomic mass is 16.4. The van der Waals surface area contributed by atoms with E-state index in [1.807, 2.05) is 43.3 Å². The topological polar surface area (TPSA) is 57.5 Å². The number of carbonyl (C=O) groups is 1. The minimum Gasteiger partial charge on any atom is -0.507 e. The third-order valence-corrected chi connectivity index (χ3v) is 3.25. The quantitative estimate of drug-likeness (QED) is 0.872. The van der Waals surface area contributed by atoms with Crippen LogP contribution in [0.25, 0.3) is 0 Å². The van der Waals surface area contributed by atoms with Crippen LogP contribution in [-0.4, -0.2) is 16.2 Å². The summed E-state index contributed by atoms with van der Waals surface area (Å²) in [6.07, 6.45) is 2.20. The molecule has 2 aromatic carbocycles. The molecular weight excluding hydrogens is 252 g/mol. The number of hydrogen-bond acceptors (Lipinski definition) is 2. The van der Waals surface area contributed by atoms with Crippen molar-refractivity contribution in [2.75, 3.05) is 0 Å². The first-order valence-electron chi connectivity index (χ1n) is 6.73. The minimum atomic E-state index is -1.09. The number of rotatable bonds is 5. The van der Waals surface area contributed by atoms with Gasteiger partial charge in [-0.3, -0.25) is 0 Å². The number of aromatic carboxylic acids is 1. The van der Waals surface area contributed by atoms with Crippen LogP contribution in [0.2, 0.25) is 0 Å². The smallest absolute Gasteiger partial charge is 0.339 e. The molecule has 104 valence electrons. The second-order valence-electron chi connectivity index (χ2n) is 4.87. The molecule has 0 fully saturated rings. The Morgan fingerprint density at radius 1 is 1.10 bits per heavy atom. The molecular formula is C17H18O3. The molecule has 0 aliphatic heterocycles. The van der Waals surface area contributed by atoms with Gasteiger partial charge in [0.2, 0.25) is 0 Å². The van der Waals surface area contributed by atoms with Gasteiger partial charge in [-0.05, 0) is 35.6 Å². The summed E-state index contributed by atoms with van der Waals surface area (Å²) in [7, 11) is 0. The van der Waals surface area contributed by atoms with Gasteiger partial charge in [0.25, 0.3) is 0 Å². The van der Waals surface area contributed by atoms with Crippen LogP contribution in [0.15, 0.2) is 42.5 Å². The molecule has 0 aromatic heterocycles. The Bertz CT molecular complexity index is 603. The summed E-state index contributed by atoms with van der Waals surface area (Å²) in [5.41, 5.74) is 2.73. The number of aromatic hydroxyl groups is 1. The lowest BCUT2D eigenvalue weighted by molar-refractivity contribution is 0.0693. The Kier molecular flexibility index (Phi) is 4.41. The molecule has 2 aromatic rings. The molecule has 20 heavy (non-hydrogen) atoms. The van der Waals surface area contributed by atoms with E-state index in [1.54, 1.807) is 6.07 Å². The van der Waals surface area contributed by atoms with Gasteiger partial charge in [-0.25, -0.2) is 4.79 Å². The maximum absolute atomic E-state index is 11.2. The van der Waals surface area contributed by atoms with Gasteiger partial charge in [-0.1, -0.05) is 49.7 Å². The number of phenols is 1. The second-order valence-corrected chi connectivity index (χ2v) is 4.87. The summed E-state index contributed by atoms with van der Waals surface area (Å²) < 4.78 is 0. The molecule has 0 spiro atoms. The number of hydrogen-bond donors (Lipinski definition) is 2. The Balaban J connectivity index is 2.40. The molecule has 0 atom stereocenters. The summed E-state index contributed by atoms with van der Waals surface area (Å²) in [5.74, 6) is -1.19. The van der Waals surface area contributed by atoms with Crippen LogP contribution in [0.5, 0.6) is 5.75 Å². The number of benzene rings is 2. The summed E-state index contributed by atoms with van der Waals surface area (Å²) >= 11 is 0. The molecule has 3 nitrogen and oxygen atoms in total. The highest BCUT2D eigenvalue weighted by Crippen LogP contribution is 2.27. The predicted molar refractivity (Wildman–Crippen MR) is 78.3 cm³/mol. The van der Waals surface area contributed by atoms with Crippen molar-refractivity contribution in [2.45, 2.75) is 26.2 Å². The molecule has 2 N–H and O–H groups in total. The SMILES string of the molecule is CCCc1cc(Cc2ccccc2)cc(C(=O)O)c1O. The molecule has 0 amide bonds. The Labute approximate surface area is 118 Å². The van der Waals surface area contributed by atoms with Crippen molar-refractivity contribution in [3.05, 3.63) is 64.7 Å². The van der Waals surface area contributed by atoms with E-state index in [1.165, 1.54) is 0 Å². The van der Waals surface area contributed by atoms with E-state index in [9.17, 15) is 15.0 Å². The molecule has 0 saturated carbocycles. The molecule has 0 unspecified atom stereocenters. The van der Waals surface area contributed by atoms with Crippen LogP contribution < -0.4 is 0 Å². The largest absolute Gasteiger partial charge is 0.507 e. The number of aryl methyl sites for hydroxylation is 1. The van der Waals surface area contributed by atoms with Gasteiger partial charge in [0.05, 0.1) is 0 Å². The normalized spacial score (nSPS) is 10.4. The Morgan fingerprint density at radius 3 is 2.40 bits per heavy atom. The predicted octanol–water partition coefficient (Wildman–Crippen LogP) is 3.63. The van der Waals surface area contributed by atoms with Crippen molar-refractivity contribution >= 4 is 5.97 Å². The van der Waals surface area contributed by atoms with Crippen LogP contribution in [0.3, 0.4) is 0 Å². The zero-order valence-corrected chi connectivity index (χ0v) is 11.5. The molecule has 0 aliphatic carbocycles. The van der Waals surface area contributed by atoms with Crippen LogP contribution in [0, 0.1) is 0 Å². The molecule has 0 radical (unpaired) electrons. The lowest BCUT2D eigenvalue weighted by atomic mass is 9.97. The monoisotopic (exact) mass is 270 g/mol. The van der Waals surface area contributed by atoms with Crippen molar-refractivity contribution in [3.8, 4) is 5.75 Å². The highest BCUT2D eigenvalue weighted by Gasteiger charge is 2.15. The average Bonchev–Trinajstić information content (AvgIpc) is 2.43. The Hall–Kier alpha value is -2.29. The maximum atomic E-state index is 11.2. The van der Waals surface area contributed by atoms with Crippen molar-refractivity contribution in [2.24, 2.45) is 0 Å². The maximum Gasteiger partial charge on any atom is 0.339 e. The summed E-state index contributed by atoms with van der Waals surface area (Å²) in [6.45, 7) is 2.00. The van der Waals surface area contributed by atoms with Gasteiger partial charge in [-0.2, -0.15) is 0 Å². The summed E-state index contributed by atoms with van der Waals surface area (Å²) in [5, 5.41) is 19.2. The first-order chi connectivity index (χ1) is 9.61. The standard InChI is InChI=1S/C17H18O3/c1-2-6-14-10-13(9-12-7-4-3-5-8-12)11-15(16(14)18)17(19)20/h3-5,7-8,10-11,18H,2,6,9H2,1H3,(H,19,20). The van der Waals surface area contributed by atoms with Gasteiger partial charge in [0.15, 0.2) is 0 Å². The van der Waals surface area contributed by atoms with Crippen molar-refractivity contribution in [1.29, 1.82) is 0 Å². The van der Waals surface area contributed by atoms with Crippen LogP contribution >= 0.6 is 0 Å². The highest BCUT2D eigenvalue weighted by molar-refractivity contribution is 5.91. The fraction of sp³-hybridized carbons (Fsp3) is 0.235. The van der Waals surface area contributed by atoms with E-state index in [2.05, 4.69) is 0 Å². The van der Waals surface area contributed by atoms with Crippen molar-refractivity contribution in [3.63, 3.8) is 0 Å². The van der Waals surface area contributed by atoms with Gasteiger partial charge < -0.3 is 10.2 Å². The molecule has 0 bridgehead atoms. The molecule has 0 aliphatic rings. The lowest BCUT2D eigenvalue weighted by Gasteiger charge is -2.10. The zero-order valence-electron chi connectivity index (χ0n) is 11.5. The fourth-order valence-corrected chi connectivity index (χ4v) is 2.32. The van der Waals surface area contributed by atoms with Gasteiger partial charge in [0, 0.05) is 0 Å². The van der Waals surface area contributed by atoms with Crippen molar-refractivity contribution < 1.29 is 15.0 Å².